The molecule has 33 heavy (non-hydrogen) atoms. The first-order valence-electron chi connectivity index (χ1n) is 12.0. The Balaban J connectivity index is 1.84. The third-order valence-electron chi connectivity index (χ3n) is 5.60. The van der Waals surface area contributed by atoms with Gasteiger partial charge in [0.2, 0.25) is 0 Å². The van der Waals surface area contributed by atoms with Gasteiger partial charge in [-0.25, -0.2) is 0 Å². The standard InChI is InChI=1S/C27H37NO5/c1-4-5-6-7-8-9-10-21-11-13-24(14-12-21)33-19-23(29)17-28-16-22(15-26(30)31)25(18-28)27(32)20(2)3/h11-14,16,18,20H,4-10,15,17,19H2,1-3H3,(H,30,31). The Kier molecular flexibility index (Phi) is 10.9. The molecule has 6 heteroatoms. The van der Waals surface area contributed by atoms with Crippen molar-refractivity contribution in [3.8, 4) is 5.75 Å². The number of carbonyl (C=O) groups is 3. The molecular weight excluding hydrogens is 418 g/mol. The topological polar surface area (TPSA) is 85.6 Å². The summed E-state index contributed by atoms with van der Waals surface area (Å²) in [6.07, 6.45) is 11.6. The Hall–Kier alpha value is -2.89. The fraction of sp³-hybridized carbons (Fsp3) is 0.519. The van der Waals surface area contributed by atoms with Gasteiger partial charge in [-0.15, -0.1) is 0 Å². The quantitative estimate of drug-likeness (QED) is 0.267. The van der Waals surface area contributed by atoms with Gasteiger partial charge in [-0.05, 0) is 36.1 Å². The Morgan fingerprint density at radius 1 is 0.970 bits per heavy atom. The van der Waals surface area contributed by atoms with Gasteiger partial charge < -0.3 is 14.4 Å². The maximum atomic E-state index is 12.4. The van der Waals surface area contributed by atoms with E-state index in [1.807, 2.05) is 24.3 Å². The number of unbranched alkanes of at least 4 members (excludes halogenated alkanes) is 5. The molecule has 180 valence electrons. The van der Waals surface area contributed by atoms with Crippen LogP contribution in [0.15, 0.2) is 36.7 Å². The fourth-order valence-electron chi connectivity index (χ4n) is 3.76. The number of hydrogen-bond acceptors (Lipinski definition) is 4. The van der Waals surface area contributed by atoms with Crippen molar-refractivity contribution in [1.82, 2.24) is 4.57 Å². The second-order valence-corrected chi connectivity index (χ2v) is 8.95. The second kappa shape index (κ2) is 13.6. The summed E-state index contributed by atoms with van der Waals surface area (Å²) in [4.78, 5) is 35.9. The molecule has 6 nitrogen and oxygen atoms in total. The first kappa shape index (κ1) is 26.4. The molecule has 1 aromatic carbocycles. The van der Waals surface area contributed by atoms with Gasteiger partial charge in [0.05, 0.1) is 13.0 Å². The Labute approximate surface area is 197 Å². The van der Waals surface area contributed by atoms with Crippen molar-refractivity contribution >= 4 is 17.5 Å². The number of benzene rings is 1. The Bertz CT molecular complexity index is 911. The average Bonchev–Trinajstić information content (AvgIpc) is 3.15. The highest BCUT2D eigenvalue weighted by molar-refractivity contribution is 5.99. The van der Waals surface area contributed by atoms with Crippen molar-refractivity contribution in [2.24, 2.45) is 5.92 Å². The molecule has 2 rings (SSSR count). The molecule has 0 amide bonds. The number of rotatable bonds is 16. The molecule has 0 spiro atoms. The van der Waals surface area contributed by atoms with E-state index in [9.17, 15) is 14.4 Å². The first-order valence-corrected chi connectivity index (χ1v) is 12.0. The van der Waals surface area contributed by atoms with Gasteiger partial charge in [-0.1, -0.05) is 65.0 Å². The maximum absolute atomic E-state index is 12.4. The van der Waals surface area contributed by atoms with Crippen LogP contribution in [0.2, 0.25) is 0 Å². The minimum absolute atomic E-state index is 0.0219. The molecule has 0 radical (unpaired) electrons. The summed E-state index contributed by atoms with van der Waals surface area (Å²) < 4.78 is 7.20. The smallest absolute Gasteiger partial charge is 0.307 e. The zero-order valence-electron chi connectivity index (χ0n) is 20.1. The van der Waals surface area contributed by atoms with Crippen LogP contribution in [0.5, 0.6) is 5.75 Å². The van der Waals surface area contributed by atoms with Crippen LogP contribution in [0, 0.1) is 5.92 Å². The van der Waals surface area contributed by atoms with Crippen molar-refractivity contribution in [3.05, 3.63) is 53.3 Å². The van der Waals surface area contributed by atoms with Crippen LogP contribution in [-0.4, -0.2) is 33.8 Å². The van der Waals surface area contributed by atoms with Crippen LogP contribution in [-0.2, 0) is 29.0 Å². The molecule has 0 saturated carbocycles. The summed E-state index contributed by atoms with van der Waals surface area (Å²) in [6.45, 7) is 5.69. The predicted octanol–water partition coefficient (Wildman–Crippen LogP) is 5.51. The molecule has 0 aliphatic rings. The van der Waals surface area contributed by atoms with E-state index in [4.69, 9.17) is 9.84 Å². The number of carboxylic acids is 1. The summed E-state index contributed by atoms with van der Waals surface area (Å²) in [5.74, 6) is -0.914. The number of Topliss-reactive ketones (excluding diaryl/α,β-unsaturated/α-hetero) is 2. The Morgan fingerprint density at radius 3 is 2.27 bits per heavy atom. The molecule has 2 aromatic rings. The van der Waals surface area contributed by atoms with Crippen molar-refractivity contribution in [1.29, 1.82) is 0 Å². The molecule has 0 unspecified atom stereocenters. The highest BCUT2D eigenvalue weighted by Gasteiger charge is 2.20. The minimum Gasteiger partial charge on any atom is -0.486 e. The lowest BCUT2D eigenvalue weighted by atomic mass is 9.99. The van der Waals surface area contributed by atoms with Crippen molar-refractivity contribution in [2.75, 3.05) is 6.61 Å². The van der Waals surface area contributed by atoms with Gasteiger partial charge in [0.1, 0.15) is 12.4 Å². The van der Waals surface area contributed by atoms with Crippen molar-refractivity contribution in [2.45, 2.75) is 78.7 Å². The van der Waals surface area contributed by atoms with Crippen molar-refractivity contribution in [3.63, 3.8) is 0 Å². The number of hydrogen-bond donors (Lipinski definition) is 1. The van der Waals surface area contributed by atoms with Crippen LogP contribution in [0.4, 0.5) is 0 Å². The number of ether oxygens (including phenoxy) is 1. The lowest BCUT2D eigenvalue weighted by Crippen LogP contribution is -2.17. The lowest BCUT2D eigenvalue weighted by molar-refractivity contribution is -0.136. The zero-order chi connectivity index (χ0) is 24.2. The molecule has 0 bridgehead atoms. The average molecular weight is 456 g/mol. The van der Waals surface area contributed by atoms with E-state index in [1.165, 1.54) is 44.1 Å². The molecule has 0 saturated heterocycles. The first-order chi connectivity index (χ1) is 15.8. The van der Waals surface area contributed by atoms with Crippen LogP contribution in [0.25, 0.3) is 0 Å². The van der Waals surface area contributed by atoms with Crippen LogP contribution in [0.3, 0.4) is 0 Å². The Morgan fingerprint density at radius 2 is 1.64 bits per heavy atom. The number of aromatic nitrogens is 1. The van der Waals surface area contributed by atoms with Gasteiger partial charge >= 0.3 is 5.97 Å². The largest absolute Gasteiger partial charge is 0.486 e. The van der Waals surface area contributed by atoms with Crippen LogP contribution < -0.4 is 4.74 Å². The molecule has 0 aliphatic heterocycles. The third-order valence-corrected chi connectivity index (χ3v) is 5.60. The number of aryl methyl sites for hydroxylation is 1. The molecule has 1 heterocycles. The predicted molar refractivity (Wildman–Crippen MR) is 129 cm³/mol. The molecule has 0 fully saturated rings. The van der Waals surface area contributed by atoms with E-state index in [-0.39, 0.29) is 37.1 Å². The lowest BCUT2D eigenvalue weighted by Gasteiger charge is -2.08. The fourth-order valence-corrected chi connectivity index (χ4v) is 3.76. The summed E-state index contributed by atoms with van der Waals surface area (Å²) in [5, 5.41) is 9.12. The number of ketones is 2. The van der Waals surface area contributed by atoms with E-state index >= 15 is 0 Å². The maximum Gasteiger partial charge on any atom is 0.307 e. The summed E-state index contributed by atoms with van der Waals surface area (Å²) in [7, 11) is 0. The number of nitrogens with zero attached hydrogens (tertiary/aromatic N) is 1. The van der Waals surface area contributed by atoms with E-state index in [0.29, 0.717) is 16.9 Å². The molecule has 0 aliphatic carbocycles. The summed E-state index contributed by atoms with van der Waals surface area (Å²) in [5.41, 5.74) is 2.06. The van der Waals surface area contributed by atoms with Gasteiger partial charge in [0.25, 0.3) is 0 Å². The van der Waals surface area contributed by atoms with E-state index in [2.05, 4.69) is 6.92 Å². The molecule has 1 N–H and O–H groups in total. The van der Waals surface area contributed by atoms with Crippen LogP contribution in [0.1, 0.15) is 80.8 Å². The minimum atomic E-state index is -1.01. The normalized spacial score (nSPS) is 11.0. The van der Waals surface area contributed by atoms with E-state index in [0.717, 1.165) is 6.42 Å². The highest BCUT2D eigenvalue weighted by atomic mass is 16.5. The second-order valence-electron chi connectivity index (χ2n) is 8.95. The number of carboxylic acid groups (broad SMARTS) is 1. The molecule has 1 aromatic heterocycles. The molecule has 0 atom stereocenters. The van der Waals surface area contributed by atoms with Gasteiger partial charge in [-0.2, -0.15) is 0 Å². The van der Waals surface area contributed by atoms with Crippen molar-refractivity contribution < 1.29 is 24.2 Å². The van der Waals surface area contributed by atoms with Gasteiger partial charge in [0, 0.05) is 23.9 Å². The molecular formula is C27H37NO5. The van der Waals surface area contributed by atoms with Gasteiger partial charge in [0.15, 0.2) is 11.6 Å². The zero-order valence-corrected chi connectivity index (χ0v) is 20.1. The number of aliphatic carboxylic acids is 1. The third kappa shape index (κ3) is 9.24. The number of carbonyl (C=O) groups excluding carboxylic acids is 2. The van der Waals surface area contributed by atoms with E-state index in [1.54, 1.807) is 30.8 Å². The summed E-state index contributed by atoms with van der Waals surface area (Å²) in [6, 6.07) is 7.86. The monoisotopic (exact) mass is 455 g/mol. The summed E-state index contributed by atoms with van der Waals surface area (Å²) >= 11 is 0. The van der Waals surface area contributed by atoms with Crippen LogP contribution >= 0.6 is 0 Å². The van der Waals surface area contributed by atoms with Gasteiger partial charge in [-0.3, -0.25) is 14.4 Å². The highest BCUT2D eigenvalue weighted by Crippen LogP contribution is 2.18. The SMILES string of the molecule is CCCCCCCCc1ccc(OCC(=O)Cn2cc(CC(=O)O)c(C(=O)C(C)C)c2)cc1. The van der Waals surface area contributed by atoms with E-state index < -0.39 is 5.97 Å².